The summed E-state index contributed by atoms with van der Waals surface area (Å²) in [5.41, 5.74) is 0.284. The predicted molar refractivity (Wildman–Crippen MR) is 137 cm³/mol. The first-order chi connectivity index (χ1) is 17.9. The molecule has 1 aromatic carbocycles. The molecule has 0 aliphatic carbocycles. The lowest BCUT2D eigenvalue weighted by atomic mass is 10.00. The highest BCUT2D eigenvalue weighted by Crippen LogP contribution is 2.41. The molecule has 4 heterocycles. The number of carbonyl (C=O) groups is 2. The summed E-state index contributed by atoms with van der Waals surface area (Å²) in [6, 6.07) is 8.73. The Morgan fingerprint density at radius 3 is 2.22 bits per heavy atom. The highest BCUT2D eigenvalue weighted by atomic mass is 32.2. The molecule has 3 aliphatic rings. The molecule has 198 valence electrons. The summed E-state index contributed by atoms with van der Waals surface area (Å²) in [4.78, 5) is 30.8. The van der Waals surface area contributed by atoms with E-state index in [4.69, 9.17) is 9.47 Å². The van der Waals surface area contributed by atoms with Crippen LogP contribution in [0.2, 0.25) is 0 Å². The van der Waals surface area contributed by atoms with Gasteiger partial charge in [-0.3, -0.25) is 14.5 Å². The van der Waals surface area contributed by atoms with Crippen molar-refractivity contribution in [3.8, 4) is 0 Å². The topological polar surface area (TPSA) is 117 Å². The molecule has 3 fully saturated rings. The standard InChI is InChI=1S/C25H29N3O7S2/c29-23(18-3-5-19(6-4-18)37(32,33)27-11-15-35-16-12-27)21-22(20-2-1-17-36-20)28(25(31)24(21)30)8-7-26-9-13-34-14-10-26/h1-6,17,22,29H,7-16H2/t22-/m0/s1. The van der Waals surface area contributed by atoms with Crippen molar-refractivity contribution in [2.75, 3.05) is 65.7 Å². The largest absolute Gasteiger partial charge is 0.507 e. The van der Waals surface area contributed by atoms with Gasteiger partial charge in [0.05, 0.1) is 42.9 Å². The molecule has 0 unspecified atom stereocenters. The van der Waals surface area contributed by atoms with Gasteiger partial charge in [-0.25, -0.2) is 8.42 Å². The fourth-order valence-corrected chi connectivity index (χ4v) is 7.06. The van der Waals surface area contributed by atoms with Crippen LogP contribution in [0.4, 0.5) is 0 Å². The van der Waals surface area contributed by atoms with Crippen molar-refractivity contribution in [1.29, 1.82) is 0 Å². The van der Waals surface area contributed by atoms with Gasteiger partial charge in [-0.1, -0.05) is 6.07 Å². The van der Waals surface area contributed by atoms with Crippen LogP contribution in [0.1, 0.15) is 16.5 Å². The van der Waals surface area contributed by atoms with Gasteiger partial charge in [-0.15, -0.1) is 11.3 Å². The number of carbonyl (C=O) groups excluding carboxylic acids is 2. The number of aliphatic hydroxyl groups is 1. The normalized spacial score (nSPS) is 23.6. The molecule has 0 saturated carbocycles. The number of ether oxygens (including phenoxy) is 2. The van der Waals surface area contributed by atoms with E-state index in [0.717, 1.165) is 18.0 Å². The number of morpholine rings is 2. The maximum absolute atomic E-state index is 13.2. The van der Waals surface area contributed by atoms with Crippen LogP contribution in [-0.2, 0) is 29.1 Å². The van der Waals surface area contributed by atoms with Crippen molar-refractivity contribution in [1.82, 2.24) is 14.1 Å². The summed E-state index contributed by atoms with van der Waals surface area (Å²) < 4.78 is 37.9. The quantitative estimate of drug-likeness (QED) is 0.315. The fourth-order valence-electron chi connectivity index (χ4n) is 4.80. The van der Waals surface area contributed by atoms with Gasteiger partial charge in [0.1, 0.15) is 5.76 Å². The third-order valence-electron chi connectivity index (χ3n) is 6.85. The zero-order chi connectivity index (χ0) is 26.0. The molecule has 37 heavy (non-hydrogen) atoms. The molecule has 1 N–H and O–H groups in total. The smallest absolute Gasteiger partial charge is 0.295 e. The minimum absolute atomic E-state index is 0.0122. The van der Waals surface area contributed by atoms with E-state index in [1.165, 1.54) is 44.8 Å². The van der Waals surface area contributed by atoms with Crippen LogP contribution in [0.15, 0.2) is 52.2 Å². The van der Waals surface area contributed by atoms with Crippen molar-refractivity contribution in [2.45, 2.75) is 10.9 Å². The van der Waals surface area contributed by atoms with Gasteiger partial charge in [0, 0.05) is 49.7 Å². The van der Waals surface area contributed by atoms with Crippen LogP contribution >= 0.6 is 11.3 Å². The first-order valence-electron chi connectivity index (χ1n) is 12.2. The molecule has 1 amide bonds. The molecule has 3 saturated heterocycles. The summed E-state index contributed by atoms with van der Waals surface area (Å²) in [7, 11) is -3.70. The summed E-state index contributed by atoms with van der Waals surface area (Å²) in [6.07, 6.45) is 0. The number of nitrogens with zero attached hydrogens (tertiary/aromatic N) is 3. The monoisotopic (exact) mass is 547 g/mol. The number of likely N-dealkylation sites (tertiary alicyclic amines) is 1. The third kappa shape index (κ3) is 5.22. The number of benzene rings is 1. The number of aliphatic hydroxyl groups excluding tert-OH is 1. The van der Waals surface area contributed by atoms with Crippen LogP contribution in [0.3, 0.4) is 0 Å². The molecule has 3 aliphatic heterocycles. The zero-order valence-corrected chi connectivity index (χ0v) is 21.9. The zero-order valence-electron chi connectivity index (χ0n) is 20.2. The van der Waals surface area contributed by atoms with E-state index in [1.54, 1.807) is 0 Å². The number of thiophene rings is 1. The van der Waals surface area contributed by atoms with Crippen molar-refractivity contribution in [3.05, 3.63) is 57.8 Å². The highest BCUT2D eigenvalue weighted by Gasteiger charge is 2.46. The number of rotatable bonds is 7. The number of Topliss-reactive ketones (excluding diaryl/α,β-unsaturated/α-hetero) is 1. The van der Waals surface area contributed by atoms with Crippen LogP contribution in [0.25, 0.3) is 5.76 Å². The van der Waals surface area contributed by atoms with Crippen molar-refractivity contribution in [2.24, 2.45) is 0 Å². The predicted octanol–water partition coefficient (Wildman–Crippen LogP) is 1.52. The maximum atomic E-state index is 13.2. The lowest BCUT2D eigenvalue weighted by Crippen LogP contribution is -2.42. The van der Waals surface area contributed by atoms with Gasteiger partial charge >= 0.3 is 0 Å². The van der Waals surface area contributed by atoms with Crippen LogP contribution in [0.5, 0.6) is 0 Å². The summed E-state index contributed by atoms with van der Waals surface area (Å²) >= 11 is 1.41. The van der Waals surface area contributed by atoms with Gasteiger partial charge in [0.2, 0.25) is 10.0 Å². The minimum atomic E-state index is -3.70. The van der Waals surface area contributed by atoms with E-state index >= 15 is 0 Å². The fraction of sp³-hybridized carbons (Fsp3) is 0.440. The SMILES string of the molecule is O=C1C(=O)N(CCN2CCOCC2)[C@@H](c2cccs2)C1=C(O)c1ccc(S(=O)(=O)N2CCOCC2)cc1. The van der Waals surface area contributed by atoms with Gasteiger partial charge in [-0.05, 0) is 35.7 Å². The Kier molecular flexibility index (Phi) is 7.75. The van der Waals surface area contributed by atoms with Crippen molar-refractivity contribution >= 4 is 38.8 Å². The van der Waals surface area contributed by atoms with E-state index in [2.05, 4.69) is 4.90 Å². The molecule has 1 aromatic heterocycles. The molecular formula is C25H29N3O7S2. The van der Waals surface area contributed by atoms with E-state index < -0.39 is 27.8 Å². The Bertz CT molecular complexity index is 1260. The number of hydrogen-bond donors (Lipinski definition) is 1. The minimum Gasteiger partial charge on any atom is -0.507 e. The summed E-state index contributed by atoms with van der Waals surface area (Å²) in [5, 5.41) is 13.1. The molecule has 0 radical (unpaired) electrons. The molecule has 5 rings (SSSR count). The Hall–Kier alpha value is -2.61. The van der Waals surface area contributed by atoms with Gasteiger partial charge in [0.25, 0.3) is 11.7 Å². The van der Waals surface area contributed by atoms with Crippen LogP contribution in [-0.4, -0.2) is 105 Å². The van der Waals surface area contributed by atoms with E-state index in [0.29, 0.717) is 39.5 Å². The molecule has 0 bridgehead atoms. The number of amides is 1. The average molecular weight is 548 g/mol. The Morgan fingerprint density at radius 2 is 1.59 bits per heavy atom. The molecular weight excluding hydrogens is 518 g/mol. The van der Waals surface area contributed by atoms with Crippen molar-refractivity contribution in [3.63, 3.8) is 0 Å². The molecule has 12 heteroatoms. The Morgan fingerprint density at radius 1 is 0.946 bits per heavy atom. The molecule has 1 atom stereocenters. The first-order valence-corrected chi connectivity index (χ1v) is 14.5. The van der Waals surface area contributed by atoms with Crippen molar-refractivity contribution < 1.29 is 32.6 Å². The maximum Gasteiger partial charge on any atom is 0.295 e. The first kappa shape index (κ1) is 26.0. The van der Waals surface area contributed by atoms with E-state index in [1.807, 2.05) is 17.5 Å². The Labute approximate surface area is 219 Å². The second-order valence-electron chi connectivity index (χ2n) is 9.00. The van der Waals surface area contributed by atoms with Gasteiger partial charge in [0.15, 0.2) is 0 Å². The number of ketones is 1. The van der Waals surface area contributed by atoms with Gasteiger partial charge < -0.3 is 19.5 Å². The third-order valence-corrected chi connectivity index (χ3v) is 9.69. The van der Waals surface area contributed by atoms with E-state index in [9.17, 15) is 23.1 Å². The van der Waals surface area contributed by atoms with E-state index in [-0.39, 0.29) is 34.9 Å². The summed E-state index contributed by atoms with van der Waals surface area (Å²) in [6.45, 7) is 4.93. The second-order valence-corrected chi connectivity index (χ2v) is 11.9. The second kappa shape index (κ2) is 11.0. The number of hydrogen-bond acceptors (Lipinski definition) is 9. The highest BCUT2D eigenvalue weighted by molar-refractivity contribution is 7.89. The summed E-state index contributed by atoms with van der Waals surface area (Å²) in [5.74, 6) is -1.72. The molecule has 0 spiro atoms. The molecule has 10 nitrogen and oxygen atoms in total. The lowest BCUT2D eigenvalue weighted by Gasteiger charge is -2.30. The Balaban J connectivity index is 1.44. The molecule has 2 aromatic rings. The lowest BCUT2D eigenvalue weighted by molar-refractivity contribution is -0.140. The van der Waals surface area contributed by atoms with Gasteiger partial charge in [-0.2, -0.15) is 4.31 Å². The number of sulfonamides is 1. The van der Waals surface area contributed by atoms with Crippen LogP contribution in [0, 0.1) is 0 Å². The van der Waals surface area contributed by atoms with Crippen LogP contribution < -0.4 is 0 Å². The average Bonchev–Trinajstić information content (AvgIpc) is 3.55.